The lowest BCUT2D eigenvalue weighted by molar-refractivity contribution is -0.137. The van der Waals surface area contributed by atoms with Crippen LogP contribution in [0.4, 0.5) is 0 Å². The van der Waals surface area contributed by atoms with Gasteiger partial charge in [0.1, 0.15) is 0 Å². The molecule has 0 saturated carbocycles. The van der Waals surface area contributed by atoms with Gasteiger partial charge in [-0.1, -0.05) is 37.3 Å². The molecule has 0 saturated heterocycles. The van der Waals surface area contributed by atoms with E-state index in [1.165, 1.54) is 0 Å². The van der Waals surface area contributed by atoms with Crippen LogP contribution >= 0.6 is 0 Å². The Morgan fingerprint density at radius 2 is 1.94 bits per heavy atom. The SMILES string of the molecule is CC(CCC(=O)O)C(=O)NCc1ccccc1. The molecular formula is C13H17NO3. The molecule has 4 heteroatoms. The van der Waals surface area contributed by atoms with Gasteiger partial charge in [0.2, 0.25) is 5.91 Å². The van der Waals surface area contributed by atoms with E-state index in [0.29, 0.717) is 13.0 Å². The summed E-state index contributed by atoms with van der Waals surface area (Å²) >= 11 is 0. The van der Waals surface area contributed by atoms with Gasteiger partial charge < -0.3 is 10.4 Å². The first kappa shape index (κ1) is 13.2. The molecule has 1 unspecified atom stereocenters. The van der Waals surface area contributed by atoms with Crippen molar-refractivity contribution >= 4 is 11.9 Å². The van der Waals surface area contributed by atoms with E-state index < -0.39 is 5.97 Å². The lowest BCUT2D eigenvalue weighted by Gasteiger charge is -2.10. The van der Waals surface area contributed by atoms with Crippen LogP contribution < -0.4 is 5.32 Å². The molecule has 1 aromatic carbocycles. The maximum absolute atomic E-state index is 11.6. The van der Waals surface area contributed by atoms with Crippen LogP contribution in [0.1, 0.15) is 25.3 Å². The highest BCUT2D eigenvalue weighted by Crippen LogP contribution is 2.06. The van der Waals surface area contributed by atoms with Crippen LogP contribution in [0.25, 0.3) is 0 Å². The van der Waals surface area contributed by atoms with Crippen LogP contribution in [-0.2, 0) is 16.1 Å². The van der Waals surface area contributed by atoms with Crippen LogP contribution in [0.2, 0.25) is 0 Å². The van der Waals surface area contributed by atoms with E-state index in [0.717, 1.165) is 5.56 Å². The summed E-state index contributed by atoms with van der Waals surface area (Å²) < 4.78 is 0. The van der Waals surface area contributed by atoms with Crippen molar-refractivity contribution in [1.29, 1.82) is 0 Å². The van der Waals surface area contributed by atoms with Gasteiger partial charge in [0, 0.05) is 18.9 Å². The molecule has 4 nitrogen and oxygen atoms in total. The van der Waals surface area contributed by atoms with Crippen LogP contribution in [0.3, 0.4) is 0 Å². The van der Waals surface area contributed by atoms with Gasteiger partial charge in [-0.3, -0.25) is 9.59 Å². The van der Waals surface area contributed by atoms with Crippen LogP contribution in [0.15, 0.2) is 30.3 Å². The van der Waals surface area contributed by atoms with Crippen molar-refractivity contribution < 1.29 is 14.7 Å². The van der Waals surface area contributed by atoms with Gasteiger partial charge >= 0.3 is 5.97 Å². The van der Waals surface area contributed by atoms with Gasteiger partial charge in [-0.2, -0.15) is 0 Å². The average molecular weight is 235 g/mol. The fourth-order valence-corrected chi connectivity index (χ4v) is 1.43. The molecular weight excluding hydrogens is 218 g/mol. The van der Waals surface area contributed by atoms with Crippen molar-refractivity contribution in [2.75, 3.05) is 0 Å². The Hall–Kier alpha value is -1.84. The van der Waals surface area contributed by atoms with E-state index in [1.54, 1.807) is 6.92 Å². The first-order chi connectivity index (χ1) is 8.09. The molecule has 2 N–H and O–H groups in total. The zero-order valence-electron chi connectivity index (χ0n) is 9.85. The molecule has 0 aliphatic rings. The van der Waals surface area contributed by atoms with Crippen LogP contribution in [0, 0.1) is 5.92 Å². The Bertz CT molecular complexity index is 376. The first-order valence-electron chi connectivity index (χ1n) is 5.63. The zero-order valence-corrected chi connectivity index (χ0v) is 9.85. The standard InChI is InChI=1S/C13H17NO3/c1-10(7-8-12(15)16)13(17)14-9-11-5-3-2-4-6-11/h2-6,10H,7-9H2,1H3,(H,14,17)(H,15,16). The number of hydrogen-bond acceptors (Lipinski definition) is 2. The second-order valence-corrected chi connectivity index (χ2v) is 4.04. The molecule has 0 radical (unpaired) electrons. The molecule has 92 valence electrons. The van der Waals surface area contributed by atoms with Crippen LogP contribution in [0.5, 0.6) is 0 Å². The zero-order chi connectivity index (χ0) is 12.7. The quantitative estimate of drug-likeness (QED) is 0.790. The van der Waals surface area contributed by atoms with E-state index in [2.05, 4.69) is 5.32 Å². The van der Waals surface area contributed by atoms with Gasteiger partial charge in [-0.05, 0) is 12.0 Å². The molecule has 0 aliphatic carbocycles. The summed E-state index contributed by atoms with van der Waals surface area (Å²) in [7, 11) is 0. The van der Waals surface area contributed by atoms with Gasteiger partial charge in [0.05, 0.1) is 0 Å². The van der Waals surface area contributed by atoms with Crippen molar-refractivity contribution in [2.45, 2.75) is 26.3 Å². The normalized spacial score (nSPS) is 11.8. The molecule has 17 heavy (non-hydrogen) atoms. The fourth-order valence-electron chi connectivity index (χ4n) is 1.43. The highest BCUT2D eigenvalue weighted by molar-refractivity contribution is 5.79. The molecule has 0 aromatic heterocycles. The molecule has 0 spiro atoms. The number of carboxylic acid groups (broad SMARTS) is 1. The Morgan fingerprint density at radius 1 is 1.29 bits per heavy atom. The minimum atomic E-state index is -0.868. The number of amides is 1. The topological polar surface area (TPSA) is 66.4 Å². The Morgan fingerprint density at radius 3 is 2.53 bits per heavy atom. The molecule has 1 aromatic rings. The second kappa shape index (κ2) is 6.68. The minimum absolute atomic E-state index is 0.0277. The number of carbonyl (C=O) groups excluding carboxylic acids is 1. The lowest BCUT2D eigenvalue weighted by Crippen LogP contribution is -2.29. The Balaban J connectivity index is 2.32. The molecule has 0 fully saturated rings. The molecule has 1 atom stereocenters. The van der Waals surface area contributed by atoms with Crippen molar-refractivity contribution in [2.24, 2.45) is 5.92 Å². The number of benzene rings is 1. The van der Waals surface area contributed by atoms with Gasteiger partial charge in [0.15, 0.2) is 0 Å². The van der Waals surface area contributed by atoms with Gasteiger partial charge in [-0.15, -0.1) is 0 Å². The van der Waals surface area contributed by atoms with Crippen molar-refractivity contribution in [3.63, 3.8) is 0 Å². The van der Waals surface area contributed by atoms with Gasteiger partial charge in [-0.25, -0.2) is 0 Å². The first-order valence-corrected chi connectivity index (χ1v) is 5.63. The van der Waals surface area contributed by atoms with Crippen molar-refractivity contribution in [1.82, 2.24) is 5.32 Å². The largest absolute Gasteiger partial charge is 0.481 e. The highest BCUT2D eigenvalue weighted by Gasteiger charge is 2.13. The summed E-state index contributed by atoms with van der Waals surface area (Å²) in [6.45, 7) is 2.22. The maximum atomic E-state index is 11.6. The van der Waals surface area contributed by atoms with Crippen molar-refractivity contribution in [3.8, 4) is 0 Å². The lowest BCUT2D eigenvalue weighted by atomic mass is 10.0. The fraction of sp³-hybridized carbons (Fsp3) is 0.385. The van der Waals surface area contributed by atoms with Crippen LogP contribution in [-0.4, -0.2) is 17.0 Å². The van der Waals surface area contributed by atoms with Gasteiger partial charge in [0.25, 0.3) is 0 Å². The monoisotopic (exact) mass is 235 g/mol. The number of hydrogen-bond donors (Lipinski definition) is 2. The summed E-state index contributed by atoms with van der Waals surface area (Å²) in [6, 6.07) is 9.61. The van der Waals surface area contributed by atoms with E-state index in [4.69, 9.17) is 5.11 Å². The summed E-state index contributed by atoms with van der Waals surface area (Å²) in [5.41, 5.74) is 1.03. The highest BCUT2D eigenvalue weighted by atomic mass is 16.4. The third-order valence-corrected chi connectivity index (χ3v) is 2.55. The third-order valence-electron chi connectivity index (χ3n) is 2.55. The smallest absolute Gasteiger partial charge is 0.303 e. The number of nitrogens with one attached hydrogen (secondary N) is 1. The summed E-state index contributed by atoms with van der Waals surface area (Å²) in [4.78, 5) is 22.0. The Labute approximate surface area is 101 Å². The third kappa shape index (κ3) is 5.15. The van der Waals surface area contributed by atoms with E-state index >= 15 is 0 Å². The van der Waals surface area contributed by atoms with E-state index in [1.807, 2.05) is 30.3 Å². The van der Waals surface area contributed by atoms with Crippen molar-refractivity contribution in [3.05, 3.63) is 35.9 Å². The second-order valence-electron chi connectivity index (χ2n) is 4.04. The molecule has 0 bridgehead atoms. The predicted molar refractivity (Wildman–Crippen MR) is 64.3 cm³/mol. The number of carboxylic acids is 1. The average Bonchev–Trinajstić information content (AvgIpc) is 2.34. The number of carbonyl (C=O) groups is 2. The summed E-state index contributed by atoms with van der Waals surface area (Å²) in [6.07, 6.45) is 0.399. The summed E-state index contributed by atoms with van der Waals surface area (Å²) in [5, 5.41) is 11.3. The Kier molecular flexibility index (Phi) is 5.20. The maximum Gasteiger partial charge on any atom is 0.303 e. The molecule has 1 rings (SSSR count). The number of aliphatic carboxylic acids is 1. The number of rotatable bonds is 6. The summed E-state index contributed by atoms with van der Waals surface area (Å²) in [5.74, 6) is -1.24. The predicted octanol–water partition coefficient (Wildman–Crippen LogP) is 1.80. The van der Waals surface area contributed by atoms with E-state index in [-0.39, 0.29) is 18.2 Å². The molecule has 1 amide bonds. The molecule has 0 heterocycles. The minimum Gasteiger partial charge on any atom is -0.481 e. The van der Waals surface area contributed by atoms with E-state index in [9.17, 15) is 9.59 Å². The molecule has 0 aliphatic heterocycles.